The number of nitrogens with zero attached hydrogens (tertiary/aromatic N) is 2. The number of rotatable bonds is 3. The van der Waals surface area contributed by atoms with Crippen molar-refractivity contribution in [1.82, 2.24) is 4.57 Å². The number of aromatic nitrogens is 1. The van der Waals surface area contributed by atoms with E-state index < -0.39 is 17.8 Å². The van der Waals surface area contributed by atoms with E-state index in [1.54, 1.807) is 25.1 Å². The van der Waals surface area contributed by atoms with Crippen LogP contribution in [-0.4, -0.2) is 17.6 Å². The number of carbonyl (C=O) groups is 1. The third kappa shape index (κ3) is 3.34. The van der Waals surface area contributed by atoms with Gasteiger partial charge in [0.15, 0.2) is 4.80 Å². The number of halogens is 1. The summed E-state index contributed by atoms with van der Waals surface area (Å²) in [6.07, 6.45) is 1.51. The van der Waals surface area contributed by atoms with E-state index in [1.807, 2.05) is 30.3 Å². The van der Waals surface area contributed by atoms with Crippen molar-refractivity contribution in [3.8, 4) is 0 Å². The van der Waals surface area contributed by atoms with Crippen LogP contribution in [0.3, 0.4) is 0 Å². The molecule has 0 aliphatic carbocycles. The molecule has 7 heteroatoms. The standard InChI is InChI=1S/C22H17FN2O3S/c1-13-18(21(27)28-2)19(14-8-4-3-5-9-14)25-20(26)17(29-22(25)24-13)12-15-10-6-7-11-16(15)23/h3-12,19H,1-2H3/b17-12-. The van der Waals surface area contributed by atoms with Crippen LogP contribution in [0, 0.1) is 5.82 Å². The second kappa shape index (κ2) is 7.60. The van der Waals surface area contributed by atoms with Gasteiger partial charge in [0.05, 0.1) is 29.0 Å². The van der Waals surface area contributed by atoms with Crippen LogP contribution in [0.5, 0.6) is 0 Å². The summed E-state index contributed by atoms with van der Waals surface area (Å²) in [5.41, 5.74) is 1.55. The Hall–Kier alpha value is -3.32. The van der Waals surface area contributed by atoms with Crippen molar-refractivity contribution in [2.24, 2.45) is 4.99 Å². The number of fused-ring (bicyclic) bond motifs is 1. The number of esters is 1. The first-order valence-corrected chi connectivity index (χ1v) is 9.73. The summed E-state index contributed by atoms with van der Waals surface area (Å²) >= 11 is 1.16. The molecule has 0 N–H and O–H groups in total. The molecule has 2 heterocycles. The van der Waals surface area contributed by atoms with Gasteiger partial charge in [-0.3, -0.25) is 9.36 Å². The molecule has 0 saturated carbocycles. The fourth-order valence-electron chi connectivity index (χ4n) is 3.38. The smallest absolute Gasteiger partial charge is 0.338 e. The molecule has 0 saturated heterocycles. The molecule has 0 radical (unpaired) electrons. The van der Waals surface area contributed by atoms with Gasteiger partial charge in [0, 0.05) is 5.56 Å². The summed E-state index contributed by atoms with van der Waals surface area (Å²) in [6, 6.07) is 14.8. The number of carbonyl (C=O) groups excluding carboxylic acids is 1. The van der Waals surface area contributed by atoms with Gasteiger partial charge in [0.2, 0.25) is 0 Å². The molecule has 1 atom stereocenters. The molecular formula is C22H17FN2O3S. The zero-order chi connectivity index (χ0) is 20.5. The molecule has 1 unspecified atom stereocenters. The Labute approximate surface area is 169 Å². The summed E-state index contributed by atoms with van der Waals surface area (Å²) in [5, 5.41) is 0. The summed E-state index contributed by atoms with van der Waals surface area (Å²) in [6.45, 7) is 1.72. The molecule has 4 rings (SSSR count). The average molecular weight is 408 g/mol. The maximum Gasteiger partial charge on any atom is 0.338 e. The van der Waals surface area contributed by atoms with Crippen molar-refractivity contribution in [3.05, 3.63) is 102 Å². The zero-order valence-electron chi connectivity index (χ0n) is 15.8. The van der Waals surface area contributed by atoms with Gasteiger partial charge in [-0.15, -0.1) is 0 Å². The van der Waals surface area contributed by atoms with E-state index in [1.165, 1.54) is 23.8 Å². The highest BCUT2D eigenvalue weighted by Crippen LogP contribution is 2.30. The van der Waals surface area contributed by atoms with Crippen molar-refractivity contribution in [3.63, 3.8) is 0 Å². The molecular weight excluding hydrogens is 391 g/mol. The number of hydrogen-bond acceptors (Lipinski definition) is 5. The minimum atomic E-state index is -0.664. The number of hydrogen-bond donors (Lipinski definition) is 0. The quantitative estimate of drug-likeness (QED) is 0.626. The molecule has 0 fully saturated rings. The van der Waals surface area contributed by atoms with Crippen molar-refractivity contribution in [2.75, 3.05) is 7.11 Å². The lowest BCUT2D eigenvalue weighted by Gasteiger charge is -2.24. The molecule has 0 bridgehead atoms. The first-order valence-electron chi connectivity index (χ1n) is 8.91. The predicted octanol–water partition coefficient (Wildman–Crippen LogP) is 2.55. The Kier molecular flexibility index (Phi) is 4.98. The second-order valence-electron chi connectivity index (χ2n) is 6.51. The van der Waals surface area contributed by atoms with Gasteiger partial charge in [-0.05, 0) is 24.6 Å². The molecule has 29 heavy (non-hydrogen) atoms. The second-order valence-corrected chi connectivity index (χ2v) is 7.51. The van der Waals surface area contributed by atoms with Gasteiger partial charge in [-0.1, -0.05) is 59.9 Å². The molecule has 1 aliphatic heterocycles. The number of thiazole rings is 1. The highest BCUT2D eigenvalue weighted by Gasteiger charge is 2.32. The van der Waals surface area contributed by atoms with Crippen molar-refractivity contribution in [1.29, 1.82) is 0 Å². The minimum Gasteiger partial charge on any atom is -0.466 e. The van der Waals surface area contributed by atoms with Gasteiger partial charge in [0.1, 0.15) is 5.82 Å². The first kappa shape index (κ1) is 19.0. The fraction of sp³-hybridized carbons (Fsp3) is 0.136. The molecule has 1 aliphatic rings. The van der Waals surface area contributed by atoms with Gasteiger partial charge >= 0.3 is 5.97 Å². The van der Waals surface area contributed by atoms with Crippen LogP contribution < -0.4 is 14.9 Å². The highest BCUT2D eigenvalue weighted by atomic mass is 32.1. The van der Waals surface area contributed by atoms with Crippen LogP contribution in [-0.2, 0) is 9.53 Å². The molecule has 0 spiro atoms. The van der Waals surface area contributed by atoms with Gasteiger partial charge in [-0.2, -0.15) is 0 Å². The lowest BCUT2D eigenvalue weighted by Crippen LogP contribution is -2.39. The third-order valence-corrected chi connectivity index (χ3v) is 5.72. The van der Waals surface area contributed by atoms with E-state index in [2.05, 4.69) is 4.99 Å². The Balaban J connectivity index is 2.00. The minimum absolute atomic E-state index is 0.309. The Morgan fingerprint density at radius 1 is 1.17 bits per heavy atom. The lowest BCUT2D eigenvalue weighted by atomic mass is 9.96. The summed E-state index contributed by atoms with van der Waals surface area (Å²) in [7, 11) is 1.30. The van der Waals surface area contributed by atoms with Crippen LogP contribution in [0.4, 0.5) is 4.39 Å². The third-order valence-electron chi connectivity index (χ3n) is 4.73. The van der Waals surface area contributed by atoms with E-state index in [0.717, 1.165) is 16.9 Å². The fourth-order valence-corrected chi connectivity index (χ4v) is 4.41. The van der Waals surface area contributed by atoms with E-state index in [-0.39, 0.29) is 5.56 Å². The van der Waals surface area contributed by atoms with E-state index >= 15 is 0 Å². The van der Waals surface area contributed by atoms with Crippen molar-refractivity contribution in [2.45, 2.75) is 13.0 Å². The normalized spacial score (nSPS) is 16.4. The molecule has 146 valence electrons. The SMILES string of the molecule is COC(=O)C1=C(C)N=c2s/c(=C\c3ccccc3F)c(=O)n2C1c1ccccc1. The Bertz CT molecular complexity index is 1310. The largest absolute Gasteiger partial charge is 0.466 e. The van der Waals surface area contributed by atoms with E-state index in [0.29, 0.717) is 26.2 Å². The molecule has 5 nitrogen and oxygen atoms in total. The molecule has 2 aromatic carbocycles. The Morgan fingerprint density at radius 3 is 2.55 bits per heavy atom. The summed E-state index contributed by atoms with van der Waals surface area (Å²) in [5.74, 6) is -0.951. The van der Waals surface area contributed by atoms with Gasteiger partial charge < -0.3 is 4.74 Å². The maximum atomic E-state index is 14.1. The number of ether oxygens (including phenoxy) is 1. The van der Waals surface area contributed by atoms with Crippen LogP contribution in [0.2, 0.25) is 0 Å². The van der Waals surface area contributed by atoms with Crippen LogP contribution >= 0.6 is 11.3 Å². The Morgan fingerprint density at radius 2 is 1.86 bits per heavy atom. The van der Waals surface area contributed by atoms with Gasteiger partial charge in [0.25, 0.3) is 5.56 Å². The van der Waals surface area contributed by atoms with Gasteiger partial charge in [-0.25, -0.2) is 14.2 Å². The zero-order valence-corrected chi connectivity index (χ0v) is 16.6. The molecule has 3 aromatic rings. The monoisotopic (exact) mass is 408 g/mol. The number of benzene rings is 2. The van der Waals surface area contributed by atoms with E-state index in [9.17, 15) is 14.0 Å². The van der Waals surface area contributed by atoms with Crippen molar-refractivity contribution >= 4 is 23.4 Å². The highest BCUT2D eigenvalue weighted by molar-refractivity contribution is 7.07. The topological polar surface area (TPSA) is 60.7 Å². The summed E-state index contributed by atoms with van der Waals surface area (Å²) in [4.78, 5) is 30.7. The van der Waals surface area contributed by atoms with Crippen LogP contribution in [0.1, 0.15) is 24.1 Å². The maximum absolute atomic E-state index is 14.1. The van der Waals surface area contributed by atoms with E-state index in [4.69, 9.17) is 4.74 Å². The van der Waals surface area contributed by atoms with Crippen LogP contribution in [0.25, 0.3) is 6.08 Å². The number of methoxy groups -OCH3 is 1. The molecule has 1 aromatic heterocycles. The lowest BCUT2D eigenvalue weighted by molar-refractivity contribution is -0.136. The van der Waals surface area contributed by atoms with Crippen molar-refractivity contribution < 1.29 is 13.9 Å². The first-order chi connectivity index (χ1) is 14.0. The van der Waals surface area contributed by atoms with Crippen LogP contribution in [0.15, 0.2) is 75.7 Å². The average Bonchev–Trinajstić information content (AvgIpc) is 3.03. The predicted molar refractivity (Wildman–Crippen MR) is 109 cm³/mol. The number of allylic oxidation sites excluding steroid dienone is 1. The summed E-state index contributed by atoms with van der Waals surface area (Å²) < 4.78 is 20.9. The molecule has 0 amide bonds.